The van der Waals surface area contributed by atoms with Gasteiger partial charge in [-0.25, -0.2) is 0 Å². The molecule has 0 amide bonds. The zero-order chi connectivity index (χ0) is 12.9. The van der Waals surface area contributed by atoms with Gasteiger partial charge in [-0.1, -0.05) is 0 Å². The highest BCUT2D eigenvalue weighted by atomic mass is 32.2. The Labute approximate surface area is 108 Å². The number of hydrogen-bond acceptors (Lipinski definition) is 4. The molecule has 2 N–H and O–H groups in total. The van der Waals surface area contributed by atoms with Gasteiger partial charge in [-0.05, 0) is 38.3 Å². The van der Waals surface area contributed by atoms with E-state index in [9.17, 15) is 5.11 Å². The zero-order valence-electron chi connectivity index (χ0n) is 10.9. The van der Waals surface area contributed by atoms with Crippen LogP contribution in [-0.4, -0.2) is 29.8 Å². The Morgan fingerprint density at radius 1 is 1.41 bits per heavy atom. The van der Waals surface area contributed by atoms with Crippen molar-refractivity contribution in [3.05, 3.63) is 23.8 Å². The Bertz CT molecular complexity index is 366. The Hall–Kier alpha value is -0.870. The van der Waals surface area contributed by atoms with Gasteiger partial charge in [-0.15, -0.1) is 0 Å². The van der Waals surface area contributed by atoms with Gasteiger partial charge in [0.2, 0.25) is 0 Å². The van der Waals surface area contributed by atoms with Gasteiger partial charge in [0.05, 0.1) is 7.11 Å². The van der Waals surface area contributed by atoms with Gasteiger partial charge in [-0.2, -0.15) is 11.8 Å². The minimum atomic E-state index is 0.203. The molecule has 0 radical (unpaired) electrons. The van der Waals surface area contributed by atoms with Crippen LogP contribution in [0.3, 0.4) is 0 Å². The van der Waals surface area contributed by atoms with Crippen molar-refractivity contribution in [3.8, 4) is 11.5 Å². The van der Waals surface area contributed by atoms with Gasteiger partial charge in [0.25, 0.3) is 0 Å². The molecule has 4 heteroatoms. The second kappa shape index (κ2) is 6.17. The maximum atomic E-state index is 9.72. The molecule has 0 unspecified atom stereocenters. The Balaban J connectivity index is 2.57. The molecule has 1 rings (SSSR count). The molecule has 96 valence electrons. The molecular formula is C13H21NO2S. The summed E-state index contributed by atoms with van der Waals surface area (Å²) >= 11 is 1.82. The number of phenols is 1. The molecule has 3 nitrogen and oxygen atoms in total. The molecule has 0 fully saturated rings. The summed E-state index contributed by atoms with van der Waals surface area (Å²) in [4.78, 5) is 0. The van der Waals surface area contributed by atoms with E-state index in [2.05, 4.69) is 25.4 Å². The molecule has 1 aromatic carbocycles. The van der Waals surface area contributed by atoms with Crippen LogP contribution in [0.4, 0.5) is 0 Å². The van der Waals surface area contributed by atoms with Crippen LogP contribution < -0.4 is 10.1 Å². The summed E-state index contributed by atoms with van der Waals surface area (Å²) in [6.45, 7) is 5.92. The lowest BCUT2D eigenvalue weighted by atomic mass is 10.1. The fourth-order valence-corrected chi connectivity index (χ4v) is 1.65. The maximum Gasteiger partial charge on any atom is 0.120 e. The van der Waals surface area contributed by atoms with Crippen molar-refractivity contribution in [2.45, 2.75) is 25.1 Å². The molecular weight excluding hydrogens is 234 g/mol. The lowest BCUT2D eigenvalue weighted by Crippen LogP contribution is -2.31. The van der Waals surface area contributed by atoms with E-state index in [1.807, 2.05) is 17.8 Å². The Kier molecular flexibility index (Phi) is 5.15. The number of methoxy groups -OCH3 is 1. The van der Waals surface area contributed by atoms with Gasteiger partial charge in [0.1, 0.15) is 11.5 Å². The first-order chi connectivity index (χ1) is 7.98. The van der Waals surface area contributed by atoms with Crippen molar-refractivity contribution >= 4 is 11.8 Å². The Morgan fingerprint density at radius 3 is 2.71 bits per heavy atom. The molecule has 0 aliphatic heterocycles. The van der Waals surface area contributed by atoms with Crippen molar-refractivity contribution in [2.24, 2.45) is 0 Å². The average Bonchev–Trinajstić information content (AvgIpc) is 2.31. The fraction of sp³-hybridized carbons (Fsp3) is 0.538. The number of rotatable bonds is 6. The zero-order valence-corrected chi connectivity index (χ0v) is 11.7. The number of nitrogens with one attached hydrogen (secondary N) is 1. The molecule has 0 atom stereocenters. The minimum absolute atomic E-state index is 0.203. The maximum absolute atomic E-state index is 9.72. The second-order valence-corrected chi connectivity index (χ2v) is 6.08. The molecule has 0 bridgehead atoms. The summed E-state index contributed by atoms with van der Waals surface area (Å²) in [6.07, 6.45) is 2.10. The molecule has 0 saturated carbocycles. The van der Waals surface area contributed by atoms with Crippen molar-refractivity contribution in [1.29, 1.82) is 0 Å². The van der Waals surface area contributed by atoms with Crippen molar-refractivity contribution in [2.75, 3.05) is 19.9 Å². The van der Waals surface area contributed by atoms with E-state index in [-0.39, 0.29) is 4.75 Å². The van der Waals surface area contributed by atoms with E-state index < -0.39 is 0 Å². The van der Waals surface area contributed by atoms with Crippen molar-refractivity contribution in [1.82, 2.24) is 5.32 Å². The van der Waals surface area contributed by atoms with E-state index in [1.54, 1.807) is 19.2 Å². The SMILES string of the molecule is COc1ccc(O)c(CNCC(C)(C)SC)c1. The smallest absolute Gasteiger partial charge is 0.120 e. The lowest BCUT2D eigenvalue weighted by molar-refractivity contribution is 0.410. The molecule has 1 aromatic rings. The van der Waals surface area contributed by atoms with Crippen LogP contribution in [0, 0.1) is 0 Å². The first-order valence-electron chi connectivity index (χ1n) is 5.60. The van der Waals surface area contributed by atoms with Crippen LogP contribution in [0.2, 0.25) is 0 Å². The third-order valence-corrected chi connectivity index (χ3v) is 3.95. The van der Waals surface area contributed by atoms with E-state index in [1.165, 1.54) is 0 Å². The van der Waals surface area contributed by atoms with E-state index >= 15 is 0 Å². The number of hydrogen-bond donors (Lipinski definition) is 2. The highest BCUT2D eigenvalue weighted by Gasteiger charge is 2.15. The highest BCUT2D eigenvalue weighted by molar-refractivity contribution is 7.99. The number of phenolic OH excluding ortho intramolecular Hbond substituents is 1. The van der Waals surface area contributed by atoms with E-state index in [0.29, 0.717) is 12.3 Å². The lowest BCUT2D eigenvalue weighted by Gasteiger charge is -2.22. The first kappa shape index (κ1) is 14.2. The van der Waals surface area contributed by atoms with Gasteiger partial charge in [0, 0.05) is 23.4 Å². The first-order valence-corrected chi connectivity index (χ1v) is 6.83. The summed E-state index contributed by atoms with van der Waals surface area (Å²) < 4.78 is 5.34. The molecule has 0 saturated heterocycles. The summed E-state index contributed by atoms with van der Waals surface area (Å²) in [5.41, 5.74) is 0.862. The van der Waals surface area contributed by atoms with Crippen LogP contribution in [0.5, 0.6) is 11.5 Å². The van der Waals surface area contributed by atoms with E-state index in [4.69, 9.17) is 4.74 Å². The summed E-state index contributed by atoms with van der Waals surface area (Å²) in [6, 6.07) is 5.27. The van der Waals surface area contributed by atoms with Gasteiger partial charge >= 0.3 is 0 Å². The fourth-order valence-electron chi connectivity index (χ4n) is 1.40. The Morgan fingerprint density at radius 2 is 2.12 bits per heavy atom. The molecule has 0 aromatic heterocycles. The predicted molar refractivity (Wildman–Crippen MR) is 74.0 cm³/mol. The topological polar surface area (TPSA) is 41.5 Å². The molecule has 0 heterocycles. The van der Waals surface area contributed by atoms with Crippen molar-refractivity contribution < 1.29 is 9.84 Å². The summed E-state index contributed by atoms with van der Waals surface area (Å²) in [7, 11) is 1.63. The van der Waals surface area contributed by atoms with Crippen LogP contribution in [0.1, 0.15) is 19.4 Å². The number of benzene rings is 1. The molecule has 0 spiro atoms. The van der Waals surface area contributed by atoms with Gasteiger partial charge in [0.15, 0.2) is 0 Å². The molecule has 0 aliphatic carbocycles. The number of thioether (sulfide) groups is 1. The number of ether oxygens (including phenoxy) is 1. The largest absolute Gasteiger partial charge is 0.508 e. The summed E-state index contributed by atoms with van der Waals surface area (Å²) in [5.74, 6) is 1.07. The summed E-state index contributed by atoms with van der Waals surface area (Å²) in [5, 5.41) is 13.1. The third kappa shape index (κ3) is 4.48. The third-order valence-electron chi connectivity index (χ3n) is 2.71. The van der Waals surface area contributed by atoms with Crippen LogP contribution in [-0.2, 0) is 6.54 Å². The van der Waals surface area contributed by atoms with Gasteiger partial charge in [-0.3, -0.25) is 0 Å². The standard InChI is InChI=1S/C13H21NO2S/c1-13(2,17-4)9-14-8-10-7-11(16-3)5-6-12(10)15/h5-7,14-15H,8-9H2,1-4H3. The molecule has 0 aliphatic rings. The van der Waals surface area contributed by atoms with Gasteiger partial charge < -0.3 is 15.2 Å². The quantitative estimate of drug-likeness (QED) is 0.820. The number of aromatic hydroxyl groups is 1. The van der Waals surface area contributed by atoms with Crippen molar-refractivity contribution in [3.63, 3.8) is 0 Å². The minimum Gasteiger partial charge on any atom is -0.508 e. The predicted octanol–water partition coefficient (Wildman–Crippen LogP) is 2.63. The van der Waals surface area contributed by atoms with Crippen LogP contribution in [0.25, 0.3) is 0 Å². The average molecular weight is 255 g/mol. The van der Waals surface area contributed by atoms with Crippen LogP contribution in [0.15, 0.2) is 18.2 Å². The molecule has 17 heavy (non-hydrogen) atoms. The highest BCUT2D eigenvalue weighted by Crippen LogP contribution is 2.23. The normalized spacial score (nSPS) is 11.5. The van der Waals surface area contributed by atoms with E-state index in [0.717, 1.165) is 17.9 Å². The second-order valence-electron chi connectivity index (χ2n) is 4.56. The monoisotopic (exact) mass is 255 g/mol. The van der Waals surface area contributed by atoms with Crippen LogP contribution >= 0.6 is 11.8 Å².